The van der Waals surface area contributed by atoms with Gasteiger partial charge in [0.25, 0.3) is 0 Å². The quantitative estimate of drug-likeness (QED) is 0.170. The van der Waals surface area contributed by atoms with E-state index in [2.05, 4.69) is 26.0 Å². The molecule has 1 aliphatic heterocycles. The molecule has 1 atom stereocenters. The number of aliphatic imine (C=N–C) groups is 1. The largest absolute Gasteiger partial charge is 0.390 e. The minimum absolute atomic E-state index is 0.274. The molecule has 0 aliphatic carbocycles. The molecule has 3 heteroatoms. The van der Waals surface area contributed by atoms with Gasteiger partial charge < -0.3 is 5.11 Å². The first-order valence-electron chi connectivity index (χ1n) is 11.9. The summed E-state index contributed by atoms with van der Waals surface area (Å²) in [7, 11) is 0. The maximum Gasteiger partial charge on any atom is 0.198 e. The topological polar surface area (TPSA) is 32.6 Å². The predicted octanol–water partition coefficient (Wildman–Crippen LogP) is 6.27. The van der Waals surface area contributed by atoms with Gasteiger partial charge in [0.2, 0.25) is 0 Å². The van der Waals surface area contributed by atoms with Crippen LogP contribution in [0.3, 0.4) is 0 Å². The molecular weight excluding hydrogens is 332 g/mol. The normalized spacial score (nSPS) is 19.9. The average molecular weight is 380 g/mol. The molecule has 3 nitrogen and oxygen atoms in total. The van der Waals surface area contributed by atoms with Gasteiger partial charge in [-0.25, -0.2) is 4.99 Å². The van der Waals surface area contributed by atoms with E-state index < -0.39 is 0 Å². The second kappa shape index (κ2) is 16.3. The maximum atomic E-state index is 9.37. The number of quaternary nitrogens is 1. The predicted molar refractivity (Wildman–Crippen MR) is 119 cm³/mol. The van der Waals surface area contributed by atoms with Crippen molar-refractivity contribution in [1.82, 2.24) is 0 Å². The van der Waals surface area contributed by atoms with Gasteiger partial charge in [-0.2, -0.15) is 0 Å². The standard InChI is InChI=1S/C24H47N2O/c1-3-5-6-7-8-9-10-11-12-13-14-15-16-17-18-19-24-25-20-21-26(24,4-2)22-23-27/h13-14,27H,3-12,15-23H2,1-2H3/q+1/b14-13+. The summed E-state index contributed by atoms with van der Waals surface area (Å²) in [5, 5.41) is 9.37. The van der Waals surface area contributed by atoms with E-state index in [9.17, 15) is 5.11 Å². The van der Waals surface area contributed by atoms with Crippen molar-refractivity contribution in [3.05, 3.63) is 12.2 Å². The zero-order valence-electron chi connectivity index (χ0n) is 18.4. The van der Waals surface area contributed by atoms with Crippen LogP contribution in [0.15, 0.2) is 17.1 Å². The van der Waals surface area contributed by atoms with Crippen molar-refractivity contribution in [3.8, 4) is 0 Å². The summed E-state index contributed by atoms with van der Waals surface area (Å²) in [6, 6.07) is 0. The minimum Gasteiger partial charge on any atom is -0.390 e. The maximum absolute atomic E-state index is 9.37. The number of nitrogens with zero attached hydrogens (tertiary/aromatic N) is 2. The smallest absolute Gasteiger partial charge is 0.198 e. The first-order valence-corrected chi connectivity index (χ1v) is 11.9. The SMILES string of the molecule is CCCCCCCCCC/C=C/CCCCCC1=NCC[N+]1(CC)CCO. The van der Waals surface area contributed by atoms with Gasteiger partial charge in [0.05, 0.1) is 19.7 Å². The highest BCUT2D eigenvalue weighted by Gasteiger charge is 2.35. The second-order valence-corrected chi connectivity index (χ2v) is 8.26. The molecule has 0 fully saturated rings. The van der Waals surface area contributed by atoms with Gasteiger partial charge in [-0.05, 0) is 39.0 Å². The minimum atomic E-state index is 0.274. The van der Waals surface area contributed by atoms with Crippen molar-refractivity contribution < 1.29 is 9.59 Å². The lowest BCUT2D eigenvalue weighted by atomic mass is 10.1. The Morgan fingerprint density at radius 3 is 2.04 bits per heavy atom. The van der Waals surface area contributed by atoms with Crippen LogP contribution in [-0.4, -0.2) is 48.2 Å². The first-order chi connectivity index (χ1) is 13.3. The van der Waals surface area contributed by atoms with Gasteiger partial charge in [-0.3, -0.25) is 4.48 Å². The van der Waals surface area contributed by atoms with Crippen molar-refractivity contribution >= 4 is 5.84 Å². The van der Waals surface area contributed by atoms with Gasteiger partial charge in [0.1, 0.15) is 13.1 Å². The molecular formula is C24H47N2O+. The summed E-state index contributed by atoms with van der Waals surface area (Å²) in [5.74, 6) is 1.34. The van der Waals surface area contributed by atoms with E-state index in [1.165, 1.54) is 89.3 Å². The molecule has 158 valence electrons. The fourth-order valence-corrected chi connectivity index (χ4v) is 4.25. The van der Waals surface area contributed by atoms with Crippen molar-refractivity contribution in [2.45, 2.75) is 104 Å². The average Bonchev–Trinajstić information content (AvgIpc) is 3.08. The molecule has 1 N–H and O–H groups in total. The number of aliphatic hydroxyl groups excluding tert-OH is 1. The molecule has 0 aromatic carbocycles. The van der Waals surface area contributed by atoms with Crippen LogP contribution in [-0.2, 0) is 0 Å². The van der Waals surface area contributed by atoms with Crippen LogP contribution >= 0.6 is 0 Å². The zero-order chi connectivity index (χ0) is 19.6. The summed E-state index contributed by atoms with van der Waals surface area (Å²) < 4.78 is 0.939. The van der Waals surface area contributed by atoms with E-state index in [4.69, 9.17) is 4.99 Å². The van der Waals surface area contributed by atoms with E-state index in [0.29, 0.717) is 0 Å². The molecule has 0 saturated heterocycles. The number of unbranched alkanes of at least 4 members (excludes halogenated alkanes) is 11. The number of likely N-dealkylation sites (N-methyl/N-ethyl adjacent to an activating group) is 1. The number of amidine groups is 1. The van der Waals surface area contributed by atoms with E-state index in [1.807, 2.05) is 0 Å². The highest BCUT2D eigenvalue weighted by molar-refractivity contribution is 5.76. The lowest BCUT2D eigenvalue weighted by Gasteiger charge is -2.33. The lowest BCUT2D eigenvalue weighted by Crippen LogP contribution is -2.52. The number of hydrogen-bond donors (Lipinski definition) is 1. The fraction of sp³-hybridized carbons (Fsp3) is 0.875. The Bertz CT molecular complexity index is 405. The van der Waals surface area contributed by atoms with Gasteiger partial charge >= 0.3 is 0 Å². The highest BCUT2D eigenvalue weighted by atomic mass is 16.3. The summed E-state index contributed by atoms with van der Waals surface area (Å²) in [4.78, 5) is 4.75. The molecule has 0 spiro atoms. The molecule has 27 heavy (non-hydrogen) atoms. The van der Waals surface area contributed by atoms with Crippen LogP contribution in [0, 0.1) is 0 Å². The van der Waals surface area contributed by atoms with Crippen LogP contribution in [0.2, 0.25) is 0 Å². The Kier molecular flexibility index (Phi) is 14.7. The third-order valence-corrected chi connectivity index (χ3v) is 6.17. The molecule has 1 rings (SSSR count). The Morgan fingerprint density at radius 2 is 1.44 bits per heavy atom. The summed E-state index contributed by atoms with van der Waals surface area (Å²) in [5.41, 5.74) is 0. The molecule has 0 aromatic heterocycles. The second-order valence-electron chi connectivity index (χ2n) is 8.26. The van der Waals surface area contributed by atoms with Crippen LogP contribution in [0.1, 0.15) is 104 Å². The van der Waals surface area contributed by atoms with Crippen LogP contribution in [0.25, 0.3) is 0 Å². The molecule has 1 unspecified atom stereocenters. The number of allylic oxidation sites excluding steroid dienone is 2. The molecule has 0 amide bonds. The first kappa shape index (κ1) is 24.4. The van der Waals surface area contributed by atoms with Gasteiger partial charge in [0.15, 0.2) is 5.84 Å². The molecule has 1 heterocycles. The van der Waals surface area contributed by atoms with Gasteiger partial charge in [-0.1, -0.05) is 70.4 Å². The molecule has 0 saturated carbocycles. The summed E-state index contributed by atoms with van der Waals surface area (Å²) in [6.07, 6.45) is 23.5. The Labute approximate surface area is 169 Å². The van der Waals surface area contributed by atoms with Gasteiger partial charge in [-0.15, -0.1) is 0 Å². The van der Waals surface area contributed by atoms with Gasteiger partial charge in [0, 0.05) is 6.42 Å². The number of rotatable bonds is 18. The fourth-order valence-electron chi connectivity index (χ4n) is 4.25. The third kappa shape index (κ3) is 10.4. The van der Waals surface area contributed by atoms with E-state index >= 15 is 0 Å². The monoisotopic (exact) mass is 379 g/mol. The van der Waals surface area contributed by atoms with E-state index in [0.717, 1.165) is 37.1 Å². The van der Waals surface area contributed by atoms with Crippen molar-refractivity contribution in [1.29, 1.82) is 0 Å². The Hall–Kier alpha value is -0.670. The van der Waals surface area contributed by atoms with Crippen molar-refractivity contribution in [3.63, 3.8) is 0 Å². The summed E-state index contributed by atoms with van der Waals surface area (Å²) in [6.45, 7) is 8.74. The van der Waals surface area contributed by atoms with E-state index in [-0.39, 0.29) is 6.61 Å². The zero-order valence-corrected chi connectivity index (χ0v) is 18.4. The third-order valence-electron chi connectivity index (χ3n) is 6.17. The molecule has 0 aromatic rings. The van der Waals surface area contributed by atoms with Crippen molar-refractivity contribution in [2.75, 3.05) is 32.8 Å². The van der Waals surface area contributed by atoms with E-state index in [1.54, 1.807) is 0 Å². The number of hydrogen-bond acceptors (Lipinski definition) is 2. The van der Waals surface area contributed by atoms with Crippen LogP contribution in [0.4, 0.5) is 0 Å². The Balaban J connectivity index is 1.94. The van der Waals surface area contributed by atoms with Crippen molar-refractivity contribution in [2.24, 2.45) is 4.99 Å². The van der Waals surface area contributed by atoms with Crippen LogP contribution in [0.5, 0.6) is 0 Å². The number of aliphatic hydroxyl groups is 1. The highest BCUT2D eigenvalue weighted by Crippen LogP contribution is 2.19. The lowest BCUT2D eigenvalue weighted by molar-refractivity contribution is -0.835. The molecule has 1 aliphatic rings. The van der Waals surface area contributed by atoms with Crippen LogP contribution < -0.4 is 0 Å². The summed E-state index contributed by atoms with van der Waals surface area (Å²) >= 11 is 0. The molecule has 0 bridgehead atoms. The molecule has 0 radical (unpaired) electrons. The Morgan fingerprint density at radius 1 is 0.852 bits per heavy atom.